The van der Waals surface area contributed by atoms with Crippen molar-refractivity contribution in [2.45, 2.75) is 42.8 Å². The molecule has 0 spiro atoms. The van der Waals surface area contributed by atoms with Crippen LogP contribution in [0.5, 0.6) is 0 Å². The summed E-state index contributed by atoms with van der Waals surface area (Å²) in [7, 11) is 0. The number of hydrogen-bond acceptors (Lipinski definition) is 3. The number of rotatable bonds is 0. The van der Waals surface area contributed by atoms with E-state index >= 15 is 0 Å². The quantitative estimate of drug-likeness (QED) is 0.545. The van der Waals surface area contributed by atoms with Gasteiger partial charge in [0, 0.05) is 13.1 Å². The topological polar surface area (TPSA) is 49.8 Å². The van der Waals surface area contributed by atoms with E-state index in [2.05, 4.69) is 22.6 Å². The Hall–Kier alpha value is -0.0400. The molecular formula is C10H18INO3. The molecule has 1 unspecified atom stereocenters. The van der Waals surface area contributed by atoms with Crippen molar-refractivity contribution in [2.24, 2.45) is 0 Å². The summed E-state index contributed by atoms with van der Waals surface area (Å²) < 4.78 is 5.36. The van der Waals surface area contributed by atoms with Crippen LogP contribution in [0, 0.1) is 0 Å². The number of halogens is 1. The van der Waals surface area contributed by atoms with Gasteiger partial charge in [0.15, 0.2) is 0 Å². The van der Waals surface area contributed by atoms with Crippen LogP contribution in [0.2, 0.25) is 0 Å². The van der Waals surface area contributed by atoms with E-state index < -0.39 is 5.60 Å². The first kappa shape index (κ1) is 13.0. The molecule has 2 atom stereocenters. The van der Waals surface area contributed by atoms with E-state index in [0.717, 1.165) is 0 Å². The number of aliphatic hydroxyl groups excluding tert-OH is 1. The third kappa shape index (κ3) is 4.14. The fourth-order valence-electron chi connectivity index (χ4n) is 1.38. The Balaban J connectivity index is 2.48. The number of carbonyl (C=O) groups is 1. The van der Waals surface area contributed by atoms with E-state index in [9.17, 15) is 9.90 Å². The molecule has 1 aliphatic rings. The Bertz CT molecular complexity index is 239. The lowest BCUT2D eigenvalue weighted by Crippen LogP contribution is -2.48. The van der Waals surface area contributed by atoms with Crippen molar-refractivity contribution in [1.29, 1.82) is 0 Å². The second-order valence-electron chi connectivity index (χ2n) is 4.80. The van der Waals surface area contributed by atoms with Crippen molar-refractivity contribution in [3.63, 3.8) is 0 Å². The van der Waals surface area contributed by atoms with Crippen molar-refractivity contribution in [3.8, 4) is 0 Å². The molecule has 1 heterocycles. The summed E-state index contributed by atoms with van der Waals surface area (Å²) in [4.78, 5) is 13.3. The predicted molar refractivity (Wildman–Crippen MR) is 66.2 cm³/mol. The summed E-state index contributed by atoms with van der Waals surface area (Å²) in [5.74, 6) is 0. The smallest absolute Gasteiger partial charge is 0.410 e. The zero-order valence-corrected chi connectivity index (χ0v) is 11.5. The molecule has 1 rings (SSSR count). The number of alkyl halides is 1. The molecule has 5 heteroatoms. The van der Waals surface area contributed by atoms with Crippen LogP contribution >= 0.6 is 22.6 Å². The van der Waals surface area contributed by atoms with E-state index in [1.54, 1.807) is 4.90 Å². The average molecular weight is 327 g/mol. The lowest BCUT2D eigenvalue weighted by atomic mass is 10.1. The molecular weight excluding hydrogens is 309 g/mol. The molecule has 1 N–H and O–H groups in total. The second-order valence-corrected chi connectivity index (χ2v) is 6.40. The highest BCUT2D eigenvalue weighted by atomic mass is 127. The first-order valence-corrected chi connectivity index (χ1v) is 6.34. The zero-order valence-electron chi connectivity index (χ0n) is 9.36. The maximum absolute atomic E-state index is 11.7. The van der Waals surface area contributed by atoms with Gasteiger partial charge in [0.25, 0.3) is 0 Å². The van der Waals surface area contributed by atoms with Gasteiger partial charge < -0.3 is 14.7 Å². The lowest BCUT2D eigenvalue weighted by molar-refractivity contribution is 0.0126. The normalized spacial score (nSPS) is 27.7. The maximum atomic E-state index is 11.7. The van der Waals surface area contributed by atoms with Crippen LogP contribution < -0.4 is 0 Å². The molecule has 0 aliphatic carbocycles. The molecule has 15 heavy (non-hydrogen) atoms. The number of amides is 1. The van der Waals surface area contributed by atoms with E-state index in [1.165, 1.54) is 0 Å². The Morgan fingerprint density at radius 2 is 2.13 bits per heavy atom. The number of hydrogen-bond donors (Lipinski definition) is 1. The third-order valence-corrected chi connectivity index (χ3v) is 3.38. The summed E-state index contributed by atoms with van der Waals surface area (Å²) in [6.07, 6.45) is 0.0488. The highest BCUT2D eigenvalue weighted by Crippen LogP contribution is 2.20. The number of nitrogens with zero attached hydrogens (tertiary/aromatic N) is 1. The predicted octanol–water partition coefficient (Wildman–Crippen LogP) is 1.79. The largest absolute Gasteiger partial charge is 0.444 e. The van der Waals surface area contributed by atoms with Crippen molar-refractivity contribution in [2.75, 3.05) is 13.1 Å². The summed E-state index contributed by atoms with van der Waals surface area (Å²) in [6.45, 7) is 6.70. The van der Waals surface area contributed by atoms with Crippen LogP contribution in [0.4, 0.5) is 4.79 Å². The monoisotopic (exact) mass is 327 g/mol. The molecule has 0 bridgehead atoms. The van der Waals surface area contributed by atoms with Crippen LogP contribution in [-0.2, 0) is 4.74 Å². The van der Waals surface area contributed by atoms with E-state index in [0.29, 0.717) is 19.5 Å². The number of likely N-dealkylation sites (tertiary alicyclic amines) is 1. The minimum atomic E-state index is -0.450. The molecule has 1 aliphatic heterocycles. The third-order valence-electron chi connectivity index (χ3n) is 2.16. The van der Waals surface area contributed by atoms with Crippen LogP contribution in [0.3, 0.4) is 0 Å². The Kier molecular flexibility index (Phi) is 4.22. The minimum absolute atomic E-state index is 0.101. The Morgan fingerprint density at radius 3 is 2.60 bits per heavy atom. The first-order chi connectivity index (χ1) is 6.79. The van der Waals surface area contributed by atoms with Gasteiger partial charge in [-0.25, -0.2) is 4.79 Å². The second kappa shape index (κ2) is 4.86. The molecule has 0 aromatic heterocycles. The zero-order chi connectivity index (χ0) is 11.6. The first-order valence-electron chi connectivity index (χ1n) is 5.09. The summed E-state index contributed by atoms with van der Waals surface area (Å²) >= 11 is 2.17. The van der Waals surface area contributed by atoms with Crippen molar-refractivity contribution >= 4 is 28.7 Å². The fourth-order valence-corrected chi connectivity index (χ4v) is 2.22. The number of ether oxygens (including phenoxy) is 1. The van der Waals surface area contributed by atoms with Gasteiger partial charge in [0.05, 0.1) is 10.0 Å². The number of piperidine rings is 1. The Labute approximate surface area is 104 Å². The highest BCUT2D eigenvalue weighted by molar-refractivity contribution is 14.1. The van der Waals surface area contributed by atoms with Gasteiger partial charge in [-0.15, -0.1) is 0 Å². The van der Waals surface area contributed by atoms with Crippen LogP contribution in [0.15, 0.2) is 0 Å². The molecule has 88 valence electrons. The summed E-state index contributed by atoms with van der Waals surface area (Å²) in [6, 6.07) is 0. The van der Waals surface area contributed by atoms with Gasteiger partial charge in [-0.1, -0.05) is 22.6 Å². The van der Waals surface area contributed by atoms with Gasteiger partial charge in [-0.2, -0.15) is 0 Å². The molecule has 0 saturated carbocycles. The van der Waals surface area contributed by atoms with Crippen LogP contribution in [0.25, 0.3) is 0 Å². The van der Waals surface area contributed by atoms with E-state index in [1.807, 2.05) is 20.8 Å². The molecule has 0 aromatic rings. The standard InChI is InChI=1S/C10H18INO3/c1-10(2,3)15-9(14)12-5-4-8(13)7(11)6-12/h7-8,13H,4-6H2,1-3H3/t7?,8-/m0/s1. The van der Waals surface area contributed by atoms with Crippen molar-refractivity contribution in [3.05, 3.63) is 0 Å². The van der Waals surface area contributed by atoms with E-state index in [4.69, 9.17) is 4.74 Å². The number of carbonyl (C=O) groups excluding carboxylic acids is 1. The summed E-state index contributed by atoms with van der Waals surface area (Å²) in [5.41, 5.74) is -0.450. The lowest BCUT2D eigenvalue weighted by Gasteiger charge is -2.34. The molecule has 1 fully saturated rings. The molecule has 0 radical (unpaired) electrons. The highest BCUT2D eigenvalue weighted by Gasteiger charge is 2.30. The van der Waals surface area contributed by atoms with Gasteiger partial charge >= 0.3 is 6.09 Å². The van der Waals surface area contributed by atoms with Gasteiger partial charge in [0.2, 0.25) is 0 Å². The molecule has 4 nitrogen and oxygen atoms in total. The van der Waals surface area contributed by atoms with Crippen LogP contribution in [0.1, 0.15) is 27.2 Å². The Morgan fingerprint density at radius 1 is 1.53 bits per heavy atom. The molecule has 0 aromatic carbocycles. The van der Waals surface area contributed by atoms with E-state index in [-0.39, 0.29) is 16.1 Å². The van der Waals surface area contributed by atoms with Crippen molar-refractivity contribution in [1.82, 2.24) is 4.90 Å². The maximum Gasteiger partial charge on any atom is 0.410 e. The average Bonchev–Trinajstić information content (AvgIpc) is 2.06. The van der Waals surface area contributed by atoms with Crippen LogP contribution in [-0.4, -0.2) is 44.8 Å². The molecule has 1 amide bonds. The molecule has 1 saturated heterocycles. The van der Waals surface area contributed by atoms with Crippen molar-refractivity contribution < 1.29 is 14.6 Å². The van der Waals surface area contributed by atoms with Gasteiger partial charge in [-0.05, 0) is 27.2 Å². The summed E-state index contributed by atoms with van der Waals surface area (Å²) in [5, 5.41) is 9.52. The fraction of sp³-hybridized carbons (Fsp3) is 0.900. The number of aliphatic hydroxyl groups is 1. The minimum Gasteiger partial charge on any atom is -0.444 e. The SMILES string of the molecule is CC(C)(C)OC(=O)N1CC[C@H](O)C(I)C1. The van der Waals surface area contributed by atoms with Gasteiger partial charge in [0.1, 0.15) is 5.60 Å². The van der Waals surface area contributed by atoms with Gasteiger partial charge in [-0.3, -0.25) is 0 Å².